The minimum Gasteiger partial charge on any atom is -0.473 e. The Morgan fingerprint density at radius 1 is 1.40 bits per heavy atom. The molecule has 2 aromatic rings. The number of hydrogen-bond donors (Lipinski definition) is 1. The predicted octanol–water partition coefficient (Wildman–Crippen LogP) is 4.16. The van der Waals surface area contributed by atoms with Crippen LogP contribution in [0, 0.1) is 6.92 Å². The molecule has 1 aromatic carbocycles. The first-order valence-corrected chi connectivity index (χ1v) is 8.98. The fourth-order valence-electron chi connectivity index (χ4n) is 3.37. The lowest BCUT2D eigenvalue weighted by atomic mass is 9.94. The summed E-state index contributed by atoms with van der Waals surface area (Å²) >= 11 is 0. The maximum absolute atomic E-state index is 5.81. The van der Waals surface area contributed by atoms with Crippen LogP contribution in [0.2, 0.25) is 0 Å². The van der Waals surface area contributed by atoms with Crippen LogP contribution in [0.25, 0.3) is 10.9 Å². The van der Waals surface area contributed by atoms with Crippen LogP contribution in [0.1, 0.15) is 37.8 Å². The van der Waals surface area contributed by atoms with Crippen LogP contribution in [-0.4, -0.2) is 29.8 Å². The van der Waals surface area contributed by atoms with E-state index in [1.807, 2.05) is 6.07 Å². The molecule has 0 radical (unpaired) electrons. The molecule has 1 atom stereocenters. The Bertz CT molecular complexity index is 755. The smallest absolute Gasteiger partial charge is 0.218 e. The third kappa shape index (κ3) is 4.59. The Labute approximate surface area is 150 Å². The van der Waals surface area contributed by atoms with Crippen molar-refractivity contribution in [2.24, 2.45) is 0 Å². The molecule has 0 spiro atoms. The van der Waals surface area contributed by atoms with Crippen molar-refractivity contribution in [3.05, 3.63) is 48.0 Å². The summed E-state index contributed by atoms with van der Waals surface area (Å²) < 4.78 is 11.6. The third-order valence-corrected chi connectivity index (χ3v) is 4.63. The summed E-state index contributed by atoms with van der Waals surface area (Å²) in [5.74, 6) is 0.690. The van der Waals surface area contributed by atoms with Crippen LogP contribution < -0.4 is 10.1 Å². The third-order valence-electron chi connectivity index (χ3n) is 4.63. The molecule has 134 valence electrons. The van der Waals surface area contributed by atoms with Gasteiger partial charge in [0.2, 0.25) is 5.88 Å². The number of aromatic nitrogens is 1. The lowest BCUT2D eigenvalue weighted by molar-refractivity contribution is -0.0630. The maximum atomic E-state index is 5.81. The molecule has 0 saturated carbocycles. The van der Waals surface area contributed by atoms with Crippen LogP contribution in [0.15, 0.2) is 36.9 Å². The zero-order chi connectivity index (χ0) is 17.9. The van der Waals surface area contributed by atoms with E-state index in [9.17, 15) is 0 Å². The predicted molar refractivity (Wildman–Crippen MR) is 102 cm³/mol. The fourth-order valence-corrected chi connectivity index (χ4v) is 3.37. The number of benzene rings is 1. The first-order valence-electron chi connectivity index (χ1n) is 8.98. The van der Waals surface area contributed by atoms with Gasteiger partial charge in [-0.25, -0.2) is 4.98 Å². The number of aryl methyl sites for hydroxylation is 1. The minimum atomic E-state index is -0.0587. The minimum absolute atomic E-state index is 0.0587. The largest absolute Gasteiger partial charge is 0.473 e. The molecule has 0 amide bonds. The van der Waals surface area contributed by atoms with Crippen LogP contribution in [0.5, 0.6) is 5.88 Å². The molecule has 3 rings (SSSR count). The molecule has 4 nitrogen and oxygen atoms in total. The fraction of sp³-hybridized carbons (Fsp3) is 0.476. The zero-order valence-electron chi connectivity index (χ0n) is 15.5. The summed E-state index contributed by atoms with van der Waals surface area (Å²) in [6, 6.07) is 8.92. The van der Waals surface area contributed by atoms with Gasteiger partial charge in [-0.1, -0.05) is 24.3 Å². The van der Waals surface area contributed by atoms with E-state index >= 15 is 0 Å². The van der Waals surface area contributed by atoms with Crippen molar-refractivity contribution in [2.45, 2.75) is 51.8 Å². The highest BCUT2D eigenvalue weighted by atomic mass is 16.5. The summed E-state index contributed by atoms with van der Waals surface area (Å²) in [6.45, 7) is 12.1. The molecule has 1 aliphatic heterocycles. The van der Waals surface area contributed by atoms with Gasteiger partial charge in [-0.15, -0.1) is 0 Å². The first kappa shape index (κ1) is 17.9. The lowest BCUT2D eigenvalue weighted by Crippen LogP contribution is -2.43. The SMILES string of the molecule is C=CCOc1nc2ccc(C)cc2cc1CNC1CCOC(C)(C)C1. The molecule has 1 unspecified atom stereocenters. The number of fused-ring (bicyclic) bond motifs is 1. The Morgan fingerprint density at radius 3 is 3.00 bits per heavy atom. The van der Waals surface area contributed by atoms with E-state index in [1.165, 1.54) is 5.56 Å². The molecular formula is C21H28N2O2. The van der Waals surface area contributed by atoms with Crippen molar-refractivity contribution in [3.8, 4) is 5.88 Å². The Morgan fingerprint density at radius 2 is 2.24 bits per heavy atom. The molecule has 1 fully saturated rings. The van der Waals surface area contributed by atoms with Gasteiger partial charge in [0.05, 0.1) is 11.1 Å². The molecule has 1 aromatic heterocycles. The van der Waals surface area contributed by atoms with Crippen molar-refractivity contribution in [3.63, 3.8) is 0 Å². The zero-order valence-corrected chi connectivity index (χ0v) is 15.5. The molecule has 2 heterocycles. The topological polar surface area (TPSA) is 43.4 Å². The molecule has 1 N–H and O–H groups in total. The number of nitrogens with zero attached hydrogens (tertiary/aromatic N) is 1. The molecule has 1 saturated heterocycles. The van der Waals surface area contributed by atoms with Gasteiger partial charge in [0.25, 0.3) is 0 Å². The number of nitrogens with one attached hydrogen (secondary N) is 1. The van der Waals surface area contributed by atoms with Gasteiger partial charge < -0.3 is 14.8 Å². The van der Waals surface area contributed by atoms with E-state index < -0.39 is 0 Å². The normalized spacial score (nSPS) is 19.7. The van der Waals surface area contributed by atoms with Crippen LogP contribution in [0.4, 0.5) is 0 Å². The van der Waals surface area contributed by atoms with Gasteiger partial charge in [0.15, 0.2) is 0 Å². The number of pyridine rings is 1. The van der Waals surface area contributed by atoms with Crippen molar-refractivity contribution in [1.29, 1.82) is 0 Å². The second-order valence-electron chi connectivity index (χ2n) is 7.43. The summed E-state index contributed by atoms with van der Waals surface area (Å²) in [5.41, 5.74) is 3.22. The Hall–Kier alpha value is -1.91. The Kier molecular flexibility index (Phi) is 5.40. The van der Waals surface area contributed by atoms with Gasteiger partial charge in [0.1, 0.15) is 6.61 Å². The van der Waals surface area contributed by atoms with Crippen LogP contribution in [0.3, 0.4) is 0 Å². The molecule has 4 heteroatoms. The van der Waals surface area contributed by atoms with Gasteiger partial charge >= 0.3 is 0 Å². The summed E-state index contributed by atoms with van der Waals surface area (Å²) in [4.78, 5) is 4.71. The van der Waals surface area contributed by atoms with Gasteiger partial charge in [-0.2, -0.15) is 0 Å². The second kappa shape index (κ2) is 7.54. The van der Waals surface area contributed by atoms with E-state index in [0.29, 0.717) is 18.5 Å². The quantitative estimate of drug-likeness (QED) is 0.802. The van der Waals surface area contributed by atoms with Crippen molar-refractivity contribution in [1.82, 2.24) is 10.3 Å². The van der Waals surface area contributed by atoms with Crippen LogP contribution >= 0.6 is 0 Å². The van der Waals surface area contributed by atoms with E-state index in [-0.39, 0.29) is 5.60 Å². The highest BCUT2D eigenvalue weighted by Gasteiger charge is 2.28. The number of ether oxygens (including phenoxy) is 2. The lowest BCUT2D eigenvalue weighted by Gasteiger charge is -2.36. The molecule has 1 aliphatic rings. The van der Waals surface area contributed by atoms with Gasteiger partial charge in [-0.05, 0) is 51.8 Å². The first-order chi connectivity index (χ1) is 12.0. The summed E-state index contributed by atoms with van der Waals surface area (Å²) in [5, 5.41) is 4.81. The molecule has 0 bridgehead atoms. The second-order valence-corrected chi connectivity index (χ2v) is 7.43. The van der Waals surface area contributed by atoms with E-state index in [2.05, 4.69) is 50.9 Å². The average Bonchev–Trinajstić information content (AvgIpc) is 2.57. The maximum Gasteiger partial charge on any atom is 0.218 e. The van der Waals surface area contributed by atoms with E-state index in [4.69, 9.17) is 14.5 Å². The summed E-state index contributed by atoms with van der Waals surface area (Å²) in [6.07, 6.45) is 3.79. The summed E-state index contributed by atoms with van der Waals surface area (Å²) in [7, 11) is 0. The van der Waals surface area contributed by atoms with Gasteiger partial charge in [0, 0.05) is 30.1 Å². The van der Waals surface area contributed by atoms with E-state index in [1.54, 1.807) is 6.08 Å². The van der Waals surface area contributed by atoms with E-state index in [0.717, 1.165) is 42.5 Å². The van der Waals surface area contributed by atoms with Crippen molar-refractivity contribution < 1.29 is 9.47 Å². The van der Waals surface area contributed by atoms with Crippen LogP contribution in [-0.2, 0) is 11.3 Å². The average molecular weight is 340 g/mol. The molecular weight excluding hydrogens is 312 g/mol. The monoisotopic (exact) mass is 340 g/mol. The number of hydrogen-bond acceptors (Lipinski definition) is 4. The highest BCUT2D eigenvalue weighted by Crippen LogP contribution is 2.26. The highest BCUT2D eigenvalue weighted by molar-refractivity contribution is 5.80. The standard InChI is InChI=1S/C21H28N2O2/c1-5-9-24-20-17(12-16-11-15(2)6-7-19(16)23-20)14-22-18-8-10-25-21(3,4)13-18/h5-7,11-12,18,22H,1,8-10,13-14H2,2-4H3. The molecule has 0 aliphatic carbocycles. The van der Waals surface area contributed by atoms with Crippen molar-refractivity contribution >= 4 is 10.9 Å². The number of rotatable bonds is 6. The Balaban J connectivity index is 1.81. The van der Waals surface area contributed by atoms with Gasteiger partial charge in [-0.3, -0.25) is 0 Å². The molecule has 25 heavy (non-hydrogen) atoms. The van der Waals surface area contributed by atoms with Crippen molar-refractivity contribution in [2.75, 3.05) is 13.2 Å².